The van der Waals surface area contributed by atoms with Crippen LogP contribution in [0, 0.1) is 0 Å². The zero-order chi connectivity index (χ0) is 8.65. The molecule has 0 aliphatic rings. The molecule has 0 saturated heterocycles. The lowest BCUT2D eigenvalue weighted by Crippen LogP contribution is -1.87. The van der Waals surface area contributed by atoms with Crippen LogP contribution in [0.5, 0.6) is 0 Å². The lowest BCUT2D eigenvalue weighted by molar-refractivity contribution is 0.624. The van der Waals surface area contributed by atoms with E-state index in [-0.39, 0.29) is 0 Å². The molecule has 0 radical (unpaired) electrons. The van der Waals surface area contributed by atoms with Crippen molar-refractivity contribution < 1.29 is 0 Å². The summed E-state index contributed by atoms with van der Waals surface area (Å²) in [6.45, 7) is 2.24. The van der Waals surface area contributed by atoms with Crippen molar-refractivity contribution in [3.8, 4) is 0 Å². The Labute approximate surface area is 74.4 Å². The zero-order valence-electron chi connectivity index (χ0n) is 7.84. The second-order valence-corrected chi connectivity index (χ2v) is 3.20. The summed E-state index contributed by atoms with van der Waals surface area (Å²) in [5, 5.41) is 0. The quantitative estimate of drug-likeness (QED) is 0.647. The summed E-state index contributed by atoms with van der Waals surface area (Å²) in [6.07, 6.45) is 11.5. The van der Waals surface area contributed by atoms with Crippen molar-refractivity contribution in [2.45, 2.75) is 45.4 Å². The molecule has 0 bridgehead atoms. The van der Waals surface area contributed by atoms with Crippen molar-refractivity contribution in [1.29, 1.82) is 0 Å². The third-order valence-electron chi connectivity index (χ3n) is 2.07. The first-order valence-corrected chi connectivity index (χ1v) is 4.91. The van der Waals surface area contributed by atoms with E-state index in [1.165, 1.54) is 32.1 Å². The van der Waals surface area contributed by atoms with Crippen molar-refractivity contribution >= 4 is 0 Å². The van der Waals surface area contributed by atoms with Gasteiger partial charge in [-0.1, -0.05) is 32.6 Å². The SMILES string of the molecule is CCCCCCCc1ncc[nH]1. The smallest absolute Gasteiger partial charge is 0.105 e. The number of nitrogens with zero attached hydrogens (tertiary/aromatic N) is 1. The summed E-state index contributed by atoms with van der Waals surface area (Å²) in [6, 6.07) is 0. The Morgan fingerprint density at radius 3 is 2.75 bits per heavy atom. The minimum absolute atomic E-state index is 1.11. The second-order valence-electron chi connectivity index (χ2n) is 3.20. The third-order valence-corrected chi connectivity index (χ3v) is 2.07. The van der Waals surface area contributed by atoms with Crippen molar-refractivity contribution in [3.05, 3.63) is 18.2 Å². The van der Waals surface area contributed by atoms with Gasteiger partial charge in [-0.25, -0.2) is 4.98 Å². The maximum absolute atomic E-state index is 4.18. The summed E-state index contributed by atoms with van der Waals surface area (Å²) in [5.41, 5.74) is 0. The fourth-order valence-electron chi connectivity index (χ4n) is 1.33. The number of nitrogens with one attached hydrogen (secondary N) is 1. The molecule has 0 aromatic carbocycles. The Morgan fingerprint density at radius 2 is 2.08 bits per heavy atom. The summed E-state index contributed by atoms with van der Waals surface area (Å²) >= 11 is 0. The predicted octanol–water partition coefficient (Wildman–Crippen LogP) is 2.92. The molecule has 2 nitrogen and oxygen atoms in total. The molecular weight excluding hydrogens is 148 g/mol. The lowest BCUT2D eigenvalue weighted by Gasteiger charge is -1.97. The van der Waals surface area contributed by atoms with Gasteiger partial charge in [-0.2, -0.15) is 0 Å². The molecule has 0 aliphatic carbocycles. The van der Waals surface area contributed by atoms with Crippen molar-refractivity contribution in [1.82, 2.24) is 9.97 Å². The second kappa shape index (κ2) is 5.81. The van der Waals surface area contributed by atoms with Gasteiger partial charge in [0, 0.05) is 18.8 Å². The van der Waals surface area contributed by atoms with E-state index in [2.05, 4.69) is 16.9 Å². The molecule has 1 N–H and O–H groups in total. The van der Waals surface area contributed by atoms with Crippen molar-refractivity contribution in [2.24, 2.45) is 0 Å². The summed E-state index contributed by atoms with van der Waals surface area (Å²) in [5.74, 6) is 1.13. The molecule has 12 heavy (non-hydrogen) atoms. The molecule has 1 rings (SSSR count). The molecule has 2 heteroatoms. The number of H-pyrrole nitrogens is 1. The van der Waals surface area contributed by atoms with E-state index in [4.69, 9.17) is 0 Å². The molecule has 0 aliphatic heterocycles. The van der Waals surface area contributed by atoms with Gasteiger partial charge in [0.15, 0.2) is 0 Å². The van der Waals surface area contributed by atoms with Gasteiger partial charge in [0.05, 0.1) is 0 Å². The lowest BCUT2D eigenvalue weighted by atomic mass is 10.1. The number of aromatic amines is 1. The van der Waals surface area contributed by atoms with E-state index in [0.717, 1.165) is 12.2 Å². The summed E-state index contributed by atoms with van der Waals surface area (Å²) in [7, 11) is 0. The van der Waals surface area contributed by atoms with E-state index < -0.39 is 0 Å². The first-order valence-electron chi connectivity index (χ1n) is 4.91. The highest BCUT2D eigenvalue weighted by atomic mass is 14.9. The van der Waals surface area contributed by atoms with Crippen LogP contribution in [-0.2, 0) is 6.42 Å². The van der Waals surface area contributed by atoms with E-state index in [1.807, 2.05) is 12.4 Å². The number of hydrogen-bond donors (Lipinski definition) is 1. The van der Waals surface area contributed by atoms with Crippen LogP contribution in [0.2, 0.25) is 0 Å². The fraction of sp³-hybridized carbons (Fsp3) is 0.700. The molecule has 0 fully saturated rings. The highest BCUT2D eigenvalue weighted by Gasteiger charge is 1.93. The van der Waals surface area contributed by atoms with Gasteiger partial charge >= 0.3 is 0 Å². The normalized spacial score (nSPS) is 10.4. The van der Waals surface area contributed by atoms with Gasteiger partial charge < -0.3 is 4.98 Å². The highest BCUT2D eigenvalue weighted by Crippen LogP contribution is 2.05. The largest absolute Gasteiger partial charge is 0.349 e. The molecule has 0 amide bonds. The van der Waals surface area contributed by atoms with Crippen LogP contribution in [0.4, 0.5) is 0 Å². The van der Waals surface area contributed by atoms with E-state index in [1.54, 1.807) is 0 Å². The van der Waals surface area contributed by atoms with Crippen LogP contribution in [0.1, 0.15) is 44.9 Å². The highest BCUT2D eigenvalue weighted by molar-refractivity contribution is 4.86. The molecule has 1 aromatic rings. The van der Waals surface area contributed by atoms with Crippen LogP contribution >= 0.6 is 0 Å². The molecule has 0 unspecified atom stereocenters. The third kappa shape index (κ3) is 3.56. The molecule has 0 spiro atoms. The van der Waals surface area contributed by atoms with E-state index in [9.17, 15) is 0 Å². The zero-order valence-corrected chi connectivity index (χ0v) is 7.84. The van der Waals surface area contributed by atoms with Crippen LogP contribution in [0.25, 0.3) is 0 Å². The minimum atomic E-state index is 1.11. The maximum Gasteiger partial charge on any atom is 0.105 e. The first kappa shape index (κ1) is 9.30. The monoisotopic (exact) mass is 166 g/mol. The van der Waals surface area contributed by atoms with Crippen molar-refractivity contribution in [3.63, 3.8) is 0 Å². The standard InChI is InChI=1S/C10H18N2/c1-2-3-4-5-6-7-10-11-8-9-12-10/h8-9H,2-7H2,1H3,(H,11,12). The van der Waals surface area contributed by atoms with Gasteiger partial charge in [-0.3, -0.25) is 0 Å². The fourth-order valence-corrected chi connectivity index (χ4v) is 1.33. The maximum atomic E-state index is 4.18. The minimum Gasteiger partial charge on any atom is -0.349 e. The number of aryl methyl sites for hydroxylation is 1. The van der Waals surface area contributed by atoms with Crippen LogP contribution in [-0.4, -0.2) is 9.97 Å². The van der Waals surface area contributed by atoms with Crippen LogP contribution in [0.15, 0.2) is 12.4 Å². The van der Waals surface area contributed by atoms with Gasteiger partial charge in [-0.05, 0) is 6.42 Å². The van der Waals surface area contributed by atoms with Gasteiger partial charge in [0.1, 0.15) is 5.82 Å². The van der Waals surface area contributed by atoms with Crippen LogP contribution < -0.4 is 0 Å². The van der Waals surface area contributed by atoms with E-state index >= 15 is 0 Å². The Hall–Kier alpha value is -0.790. The number of hydrogen-bond acceptors (Lipinski definition) is 1. The summed E-state index contributed by atoms with van der Waals surface area (Å²) in [4.78, 5) is 7.30. The van der Waals surface area contributed by atoms with Crippen molar-refractivity contribution in [2.75, 3.05) is 0 Å². The molecule has 0 saturated carbocycles. The molecule has 68 valence electrons. The Bertz CT molecular complexity index is 180. The molecule has 0 atom stereocenters. The summed E-state index contributed by atoms with van der Waals surface area (Å²) < 4.78 is 0. The van der Waals surface area contributed by atoms with Gasteiger partial charge in [0.2, 0.25) is 0 Å². The molecular formula is C10H18N2. The molecule has 1 aromatic heterocycles. The number of rotatable bonds is 6. The first-order chi connectivity index (χ1) is 5.93. The number of aromatic nitrogens is 2. The van der Waals surface area contributed by atoms with E-state index in [0.29, 0.717) is 0 Å². The predicted molar refractivity (Wildman–Crippen MR) is 51.1 cm³/mol. The van der Waals surface area contributed by atoms with Gasteiger partial charge in [0.25, 0.3) is 0 Å². The van der Waals surface area contributed by atoms with Gasteiger partial charge in [-0.15, -0.1) is 0 Å². The number of unbranched alkanes of at least 4 members (excludes halogenated alkanes) is 4. The topological polar surface area (TPSA) is 28.7 Å². The average Bonchev–Trinajstić information content (AvgIpc) is 2.57. The average molecular weight is 166 g/mol. The Kier molecular flexibility index (Phi) is 4.50. The Morgan fingerprint density at radius 1 is 1.25 bits per heavy atom. The number of imidazole rings is 1. The van der Waals surface area contributed by atoms with Crippen LogP contribution in [0.3, 0.4) is 0 Å². The Balaban J connectivity index is 1.96. The molecule has 1 heterocycles.